The first kappa shape index (κ1) is 19.7. The topological polar surface area (TPSA) is 49.4 Å². The van der Waals surface area contributed by atoms with Crippen LogP contribution < -0.4 is 5.32 Å². The van der Waals surface area contributed by atoms with Gasteiger partial charge in [-0.1, -0.05) is 25.3 Å². The summed E-state index contributed by atoms with van der Waals surface area (Å²) in [6.45, 7) is 0.870. The van der Waals surface area contributed by atoms with Crippen molar-refractivity contribution in [1.82, 2.24) is 10.2 Å². The van der Waals surface area contributed by atoms with E-state index in [0.717, 1.165) is 37.8 Å². The van der Waals surface area contributed by atoms with Crippen molar-refractivity contribution in [3.05, 3.63) is 35.4 Å². The molecule has 1 N–H and O–H groups in total. The van der Waals surface area contributed by atoms with Crippen molar-refractivity contribution in [2.75, 3.05) is 13.1 Å². The Morgan fingerprint density at radius 3 is 2.30 bits per heavy atom. The monoisotopic (exact) mass is 382 g/mol. The molecule has 0 unspecified atom stereocenters. The number of nitrogens with zero attached hydrogens (tertiary/aromatic N) is 1. The van der Waals surface area contributed by atoms with Crippen molar-refractivity contribution in [2.45, 2.75) is 57.2 Å². The van der Waals surface area contributed by atoms with E-state index in [-0.39, 0.29) is 23.4 Å². The fraction of sp³-hybridized carbons (Fsp3) is 0.600. The Hall–Kier alpha value is -2.05. The van der Waals surface area contributed by atoms with E-state index in [2.05, 4.69) is 5.32 Å². The first-order valence-electron chi connectivity index (χ1n) is 9.61. The third kappa shape index (κ3) is 5.02. The van der Waals surface area contributed by atoms with Crippen molar-refractivity contribution in [2.24, 2.45) is 5.92 Å². The maximum absolute atomic E-state index is 12.8. The van der Waals surface area contributed by atoms with Crippen molar-refractivity contribution < 1.29 is 22.8 Å². The maximum Gasteiger partial charge on any atom is 0.416 e. The number of piperidine rings is 1. The number of carbonyl (C=O) groups excluding carboxylic acids is 2. The molecule has 1 saturated carbocycles. The number of likely N-dealkylation sites (tertiary alicyclic amines) is 1. The predicted octanol–water partition coefficient (Wildman–Crippen LogP) is 4.01. The summed E-state index contributed by atoms with van der Waals surface area (Å²) in [5.41, 5.74) is -0.766. The van der Waals surface area contributed by atoms with Crippen LogP contribution in [0.1, 0.15) is 60.9 Å². The average Bonchev–Trinajstić information content (AvgIpc) is 2.68. The van der Waals surface area contributed by atoms with Gasteiger partial charge < -0.3 is 10.2 Å². The number of hydrogen-bond donors (Lipinski definition) is 1. The first-order valence-corrected chi connectivity index (χ1v) is 9.61. The van der Waals surface area contributed by atoms with E-state index in [0.29, 0.717) is 25.9 Å². The van der Waals surface area contributed by atoms with Crippen molar-refractivity contribution >= 4 is 11.8 Å². The molecule has 1 saturated heterocycles. The second-order valence-corrected chi connectivity index (χ2v) is 7.49. The fourth-order valence-corrected chi connectivity index (χ4v) is 3.92. The Morgan fingerprint density at radius 2 is 1.67 bits per heavy atom. The summed E-state index contributed by atoms with van der Waals surface area (Å²) in [5.74, 6) is -0.181. The summed E-state index contributed by atoms with van der Waals surface area (Å²) >= 11 is 0. The van der Waals surface area contributed by atoms with E-state index in [9.17, 15) is 22.8 Å². The Balaban J connectivity index is 1.53. The van der Waals surface area contributed by atoms with Crippen LogP contribution >= 0.6 is 0 Å². The molecule has 4 nitrogen and oxygen atoms in total. The highest BCUT2D eigenvalue weighted by Gasteiger charge is 2.32. The molecule has 2 amide bonds. The first-order chi connectivity index (χ1) is 12.8. The van der Waals surface area contributed by atoms with Gasteiger partial charge >= 0.3 is 6.18 Å². The summed E-state index contributed by atoms with van der Waals surface area (Å²) in [6, 6.07) is 4.56. The molecule has 1 aromatic carbocycles. The van der Waals surface area contributed by atoms with Crippen LogP contribution in [0.4, 0.5) is 13.2 Å². The van der Waals surface area contributed by atoms with E-state index in [1.807, 2.05) is 0 Å². The molecular formula is C20H25F3N2O2. The lowest BCUT2D eigenvalue weighted by Gasteiger charge is -2.33. The van der Waals surface area contributed by atoms with Crippen LogP contribution in [0.25, 0.3) is 0 Å². The molecule has 1 aromatic rings. The molecule has 0 radical (unpaired) electrons. The van der Waals surface area contributed by atoms with Crippen LogP contribution in [-0.4, -0.2) is 35.8 Å². The Bertz CT molecular complexity index is 676. The van der Waals surface area contributed by atoms with E-state index >= 15 is 0 Å². The van der Waals surface area contributed by atoms with Gasteiger partial charge in [0.25, 0.3) is 5.91 Å². The van der Waals surface area contributed by atoms with Crippen LogP contribution in [0.2, 0.25) is 0 Å². The molecule has 27 heavy (non-hydrogen) atoms. The van der Waals surface area contributed by atoms with Crippen LogP contribution in [0.3, 0.4) is 0 Å². The number of hydrogen-bond acceptors (Lipinski definition) is 2. The molecule has 0 bridgehead atoms. The molecule has 1 aliphatic heterocycles. The van der Waals surface area contributed by atoms with Gasteiger partial charge in [-0.05, 0) is 43.9 Å². The van der Waals surface area contributed by atoms with Crippen LogP contribution in [0.15, 0.2) is 24.3 Å². The normalized spacial score (nSPS) is 19.7. The Morgan fingerprint density at radius 1 is 1.00 bits per heavy atom. The molecule has 2 aliphatic rings. The number of carbonyl (C=O) groups is 2. The molecular weight excluding hydrogens is 357 g/mol. The van der Waals surface area contributed by atoms with Crippen molar-refractivity contribution in [3.63, 3.8) is 0 Å². The smallest absolute Gasteiger partial charge is 0.353 e. The molecule has 0 spiro atoms. The van der Waals surface area contributed by atoms with Gasteiger partial charge in [-0.3, -0.25) is 9.59 Å². The van der Waals surface area contributed by atoms with Gasteiger partial charge in [-0.2, -0.15) is 13.2 Å². The van der Waals surface area contributed by atoms with Crippen LogP contribution in [-0.2, 0) is 11.0 Å². The summed E-state index contributed by atoms with van der Waals surface area (Å²) in [7, 11) is 0. The number of amides is 2. The highest BCUT2D eigenvalue weighted by molar-refractivity contribution is 5.94. The van der Waals surface area contributed by atoms with E-state index in [1.165, 1.54) is 18.6 Å². The van der Waals surface area contributed by atoms with Gasteiger partial charge in [0.2, 0.25) is 5.91 Å². The van der Waals surface area contributed by atoms with Gasteiger partial charge in [0, 0.05) is 30.6 Å². The molecule has 1 heterocycles. The molecule has 1 aliphatic carbocycles. The molecule has 3 rings (SSSR count). The lowest BCUT2D eigenvalue weighted by Crippen LogP contribution is -2.48. The third-order valence-electron chi connectivity index (χ3n) is 5.54. The molecule has 0 atom stereocenters. The number of rotatable bonds is 3. The summed E-state index contributed by atoms with van der Waals surface area (Å²) in [4.78, 5) is 26.4. The third-order valence-corrected chi connectivity index (χ3v) is 5.54. The largest absolute Gasteiger partial charge is 0.416 e. The number of alkyl halides is 3. The standard InChI is InChI=1S/C20H25F3N2O2/c21-20(22,23)16-8-4-7-15(13-16)19(27)25-11-9-17(10-12-25)24-18(26)14-5-2-1-3-6-14/h4,7-8,13-14,17H,1-3,5-6,9-12H2,(H,24,26). The zero-order valence-corrected chi connectivity index (χ0v) is 15.2. The number of nitrogens with one attached hydrogen (secondary N) is 1. The van der Waals surface area contributed by atoms with Crippen LogP contribution in [0, 0.1) is 5.92 Å². The Labute approximate surface area is 157 Å². The van der Waals surface area contributed by atoms with E-state index in [1.54, 1.807) is 4.90 Å². The van der Waals surface area contributed by atoms with Gasteiger partial charge in [-0.25, -0.2) is 0 Å². The Kier molecular flexibility index (Phi) is 6.07. The predicted molar refractivity (Wildman–Crippen MR) is 95.1 cm³/mol. The average molecular weight is 382 g/mol. The van der Waals surface area contributed by atoms with E-state index in [4.69, 9.17) is 0 Å². The summed E-state index contributed by atoms with van der Waals surface area (Å²) < 4.78 is 38.5. The zero-order valence-electron chi connectivity index (χ0n) is 15.2. The summed E-state index contributed by atoms with van der Waals surface area (Å²) in [6.07, 6.45) is 2.07. The lowest BCUT2D eigenvalue weighted by atomic mass is 9.88. The van der Waals surface area contributed by atoms with Gasteiger partial charge in [-0.15, -0.1) is 0 Å². The second-order valence-electron chi connectivity index (χ2n) is 7.49. The van der Waals surface area contributed by atoms with E-state index < -0.39 is 17.6 Å². The highest BCUT2D eigenvalue weighted by Crippen LogP contribution is 2.30. The zero-order chi connectivity index (χ0) is 19.4. The van der Waals surface area contributed by atoms with Gasteiger partial charge in [0.05, 0.1) is 5.56 Å². The minimum atomic E-state index is -4.47. The minimum absolute atomic E-state index is 0.0324. The summed E-state index contributed by atoms with van der Waals surface area (Å²) in [5, 5.41) is 3.09. The molecule has 2 fully saturated rings. The van der Waals surface area contributed by atoms with Crippen molar-refractivity contribution in [1.29, 1.82) is 0 Å². The molecule has 0 aromatic heterocycles. The van der Waals surface area contributed by atoms with Crippen LogP contribution in [0.5, 0.6) is 0 Å². The molecule has 7 heteroatoms. The SMILES string of the molecule is O=C(NC1CCN(C(=O)c2cccc(C(F)(F)F)c2)CC1)C1CCCCC1. The second kappa shape index (κ2) is 8.31. The maximum atomic E-state index is 12.8. The van der Waals surface area contributed by atoms with Crippen molar-refractivity contribution in [3.8, 4) is 0 Å². The number of benzene rings is 1. The fourth-order valence-electron chi connectivity index (χ4n) is 3.92. The van der Waals surface area contributed by atoms with Gasteiger partial charge in [0.1, 0.15) is 0 Å². The highest BCUT2D eigenvalue weighted by atomic mass is 19.4. The lowest BCUT2D eigenvalue weighted by molar-refractivity contribution is -0.137. The number of halogens is 3. The minimum Gasteiger partial charge on any atom is -0.353 e. The van der Waals surface area contributed by atoms with Gasteiger partial charge in [0.15, 0.2) is 0 Å². The molecule has 148 valence electrons. The quantitative estimate of drug-likeness (QED) is 0.859.